The number of nitrogens with two attached hydrogens (primary N) is 1. The van der Waals surface area contributed by atoms with Gasteiger partial charge in [0.15, 0.2) is 5.13 Å². The molecule has 3 nitrogen and oxygen atoms in total. The van der Waals surface area contributed by atoms with E-state index in [0.717, 1.165) is 25.9 Å². The van der Waals surface area contributed by atoms with E-state index in [9.17, 15) is 0 Å². The van der Waals surface area contributed by atoms with E-state index in [1.54, 1.807) is 0 Å². The summed E-state index contributed by atoms with van der Waals surface area (Å²) in [5.41, 5.74) is 6.82. The van der Waals surface area contributed by atoms with Gasteiger partial charge in [0.2, 0.25) is 0 Å². The zero-order valence-electron chi connectivity index (χ0n) is 9.11. The first kappa shape index (κ1) is 10.9. The second kappa shape index (κ2) is 4.94. The molecule has 1 saturated heterocycles. The van der Waals surface area contributed by atoms with E-state index >= 15 is 0 Å². The van der Waals surface area contributed by atoms with Gasteiger partial charge >= 0.3 is 0 Å². The Morgan fingerprint density at radius 3 is 3.20 bits per heavy atom. The molecule has 0 aliphatic carbocycles. The van der Waals surface area contributed by atoms with Crippen LogP contribution in [0.15, 0.2) is 5.38 Å². The zero-order chi connectivity index (χ0) is 10.7. The van der Waals surface area contributed by atoms with E-state index in [1.807, 2.05) is 0 Å². The van der Waals surface area contributed by atoms with Crippen LogP contribution in [0.4, 0.5) is 5.13 Å². The summed E-state index contributed by atoms with van der Waals surface area (Å²) in [4.78, 5) is 4.37. The minimum absolute atomic E-state index is 0.427. The van der Waals surface area contributed by atoms with Crippen LogP contribution >= 0.6 is 11.3 Å². The summed E-state index contributed by atoms with van der Waals surface area (Å²) in [6, 6.07) is 0. The molecule has 2 heterocycles. The van der Waals surface area contributed by atoms with Gasteiger partial charge < -0.3 is 10.5 Å². The number of anilines is 1. The molecule has 0 spiro atoms. The third-order valence-corrected chi connectivity index (χ3v) is 3.63. The Kier molecular flexibility index (Phi) is 3.59. The Morgan fingerprint density at radius 2 is 2.53 bits per heavy atom. The minimum atomic E-state index is 0.427. The van der Waals surface area contributed by atoms with Crippen LogP contribution < -0.4 is 5.73 Å². The average molecular weight is 226 g/mol. The van der Waals surface area contributed by atoms with Crippen molar-refractivity contribution in [1.29, 1.82) is 0 Å². The Bertz CT molecular complexity index is 311. The second-order valence-electron chi connectivity index (χ2n) is 4.11. The van der Waals surface area contributed by atoms with Gasteiger partial charge in [-0.05, 0) is 19.3 Å². The number of hydrogen-bond donors (Lipinski definition) is 1. The van der Waals surface area contributed by atoms with Crippen molar-refractivity contribution in [2.45, 2.75) is 44.6 Å². The number of nitrogen functional groups attached to an aromatic ring is 1. The van der Waals surface area contributed by atoms with Gasteiger partial charge in [-0.15, -0.1) is 11.3 Å². The molecule has 2 atom stereocenters. The van der Waals surface area contributed by atoms with Gasteiger partial charge in [-0.25, -0.2) is 4.98 Å². The number of rotatable bonds is 3. The monoisotopic (exact) mass is 226 g/mol. The maximum Gasteiger partial charge on any atom is 0.180 e. The first-order valence-electron chi connectivity index (χ1n) is 5.62. The molecule has 4 heteroatoms. The molecule has 0 bridgehead atoms. The molecule has 0 aromatic carbocycles. The van der Waals surface area contributed by atoms with Gasteiger partial charge in [-0.2, -0.15) is 0 Å². The highest BCUT2D eigenvalue weighted by atomic mass is 32.1. The molecule has 1 aliphatic heterocycles. The van der Waals surface area contributed by atoms with E-state index in [1.165, 1.54) is 23.5 Å². The van der Waals surface area contributed by atoms with E-state index < -0.39 is 0 Å². The summed E-state index contributed by atoms with van der Waals surface area (Å²) in [6.07, 6.45) is 4.98. The normalized spacial score (nSPS) is 26.7. The molecule has 1 fully saturated rings. The fraction of sp³-hybridized carbons (Fsp3) is 0.727. The summed E-state index contributed by atoms with van der Waals surface area (Å²) >= 11 is 1.54. The summed E-state index contributed by atoms with van der Waals surface area (Å²) in [5, 5.41) is 2.78. The lowest BCUT2D eigenvalue weighted by Gasteiger charge is -2.28. The van der Waals surface area contributed by atoms with E-state index in [0.29, 0.717) is 17.2 Å². The quantitative estimate of drug-likeness (QED) is 0.862. The number of thiazole rings is 1. The Morgan fingerprint density at radius 1 is 1.67 bits per heavy atom. The molecule has 15 heavy (non-hydrogen) atoms. The SMILES string of the molecule is CCC[C@H]1C[C@H](c2csc(N)n2)CCO1. The third kappa shape index (κ3) is 2.69. The smallest absolute Gasteiger partial charge is 0.180 e. The first-order chi connectivity index (χ1) is 7.29. The highest BCUT2D eigenvalue weighted by Crippen LogP contribution is 2.32. The van der Waals surface area contributed by atoms with Crippen LogP contribution in [0.2, 0.25) is 0 Å². The van der Waals surface area contributed by atoms with Gasteiger partial charge in [0.05, 0.1) is 11.8 Å². The van der Waals surface area contributed by atoms with Crippen LogP contribution in [0.3, 0.4) is 0 Å². The van der Waals surface area contributed by atoms with Crippen LogP contribution in [-0.4, -0.2) is 17.7 Å². The van der Waals surface area contributed by atoms with E-state index in [2.05, 4.69) is 17.3 Å². The first-order valence-corrected chi connectivity index (χ1v) is 6.50. The minimum Gasteiger partial charge on any atom is -0.378 e. The molecule has 1 aliphatic rings. The third-order valence-electron chi connectivity index (χ3n) is 2.94. The lowest BCUT2D eigenvalue weighted by molar-refractivity contribution is 0.00112. The van der Waals surface area contributed by atoms with Crippen molar-refractivity contribution >= 4 is 16.5 Å². The lowest BCUT2D eigenvalue weighted by Crippen LogP contribution is -2.24. The predicted octanol–water partition coefficient (Wildman–Crippen LogP) is 2.79. The summed E-state index contributed by atoms with van der Waals surface area (Å²) in [6.45, 7) is 3.07. The fourth-order valence-corrected chi connectivity index (χ4v) is 2.80. The van der Waals surface area contributed by atoms with Crippen molar-refractivity contribution in [2.24, 2.45) is 0 Å². The molecule has 1 aromatic rings. The van der Waals surface area contributed by atoms with Gasteiger partial charge in [-0.1, -0.05) is 13.3 Å². The average Bonchev–Trinajstić information content (AvgIpc) is 2.66. The summed E-state index contributed by atoms with van der Waals surface area (Å²) < 4.78 is 5.72. The van der Waals surface area contributed by atoms with Gasteiger partial charge in [0.25, 0.3) is 0 Å². The molecular formula is C11H18N2OS. The van der Waals surface area contributed by atoms with E-state index in [-0.39, 0.29) is 0 Å². The van der Waals surface area contributed by atoms with E-state index in [4.69, 9.17) is 10.5 Å². The predicted molar refractivity (Wildman–Crippen MR) is 63.1 cm³/mol. The number of aromatic nitrogens is 1. The van der Waals surface area contributed by atoms with Crippen molar-refractivity contribution in [3.05, 3.63) is 11.1 Å². The zero-order valence-corrected chi connectivity index (χ0v) is 9.93. The summed E-state index contributed by atoms with van der Waals surface area (Å²) in [7, 11) is 0. The maximum absolute atomic E-state index is 5.72. The fourth-order valence-electron chi connectivity index (χ4n) is 2.16. The van der Waals surface area contributed by atoms with Crippen molar-refractivity contribution < 1.29 is 4.74 Å². The molecule has 0 amide bonds. The van der Waals surface area contributed by atoms with Gasteiger partial charge in [0, 0.05) is 17.9 Å². The number of ether oxygens (including phenoxy) is 1. The van der Waals surface area contributed by atoms with Crippen molar-refractivity contribution in [1.82, 2.24) is 4.98 Å². The van der Waals surface area contributed by atoms with Crippen molar-refractivity contribution in [3.63, 3.8) is 0 Å². The number of hydrogen-bond acceptors (Lipinski definition) is 4. The second-order valence-corrected chi connectivity index (χ2v) is 5.00. The Hall–Kier alpha value is -0.610. The highest BCUT2D eigenvalue weighted by Gasteiger charge is 2.24. The summed E-state index contributed by atoms with van der Waals surface area (Å²) in [5.74, 6) is 0.559. The van der Waals surface area contributed by atoms with Crippen LogP contribution in [-0.2, 0) is 4.74 Å². The molecule has 1 aromatic heterocycles. The molecule has 2 rings (SSSR count). The molecule has 0 radical (unpaired) electrons. The molecule has 2 N–H and O–H groups in total. The highest BCUT2D eigenvalue weighted by molar-refractivity contribution is 7.13. The van der Waals surface area contributed by atoms with Crippen LogP contribution in [0.5, 0.6) is 0 Å². The van der Waals surface area contributed by atoms with Gasteiger partial charge in [-0.3, -0.25) is 0 Å². The molecule has 0 unspecified atom stereocenters. The molecule has 0 saturated carbocycles. The molecule has 84 valence electrons. The lowest BCUT2D eigenvalue weighted by atomic mass is 9.91. The van der Waals surface area contributed by atoms with Crippen molar-refractivity contribution in [2.75, 3.05) is 12.3 Å². The van der Waals surface area contributed by atoms with Crippen LogP contribution in [0.25, 0.3) is 0 Å². The molecular weight excluding hydrogens is 208 g/mol. The van der Waals surface area contributed by atoms with Gasteiger partial charge in [0.1, 0.15) is 0 Å². The maximum atomic E-state index is 5.72. The number of nitrogens with zero attached hydrogens (tertiary/aromatic N) is 1. The Balaban J connectivity index is 1.98. The van der Waals surface area contributed by atoms with Crippen LogP contribution in [0, 0.1) is 0 Å². The standard InChI is InChI=1S/C11H18N2OS/c1-2-3-9-6-8(4-5-14-9)10-7-15-11(12)13-10/h7-9H,2-6H2,1H3,(H2,12,13)/t8-,9+/m1/s1. The van der Waals surface area contributed by atoms with Crippen LogP contribution in [0.1, 0.15) is 44.2 Å². The topological polar surface area (TPSA) is 48.1 Å². The Labute approximate surface area is 94.7 Å². The van der Waals surface area contributed by atoms with Crippen molar-refractivity contribution in [3.8, 4) is 0 Å². The largest absolute Gasteiger partial charge is 0.378 e.